The van der Waals surface area contributed by atoms with E-state index in [-0.39, 0.29) is 22.1 Å². The molecule has 0 heterocycles. The summed E-state index contributed by atoms with van der Waals surface area (Å²) in [5, 5.41) is 20.9. The fourth-order valence-corrected chi connectivity index (χ4v) is 1.63. The van der Waals surface area contributed by atoms with Crippen molar-refractivity contribution in [2.75, 3.05) is 5.73 Å². The third-order valence-corrected chi connectivity index (χ3v) is 2.81. The third kappa shape index (κ3) is 4.90. The lowest BCUT2D eigenvalue weighted by atomic mass is 10.3. The molecule has 2 aromatic carbocycles. The monoisotopic (exact) mass is 329 g/mol. The van der Waals surface area contributed by atoms with Crippen LogP contribution in [0.4, 0.5) is 17.1 Å². The number of non-ortho nitro benzene ring substituents is 1. The highest BCUT2D eigenvalue weighted by Crippen LogP contribution is 2.27. The van der Waals surface area contributed by atoms with Gasteiger partial charge in [-0.25, -0.2) is 0 Å². The second-order valence-corrected chi connectivity index (χ2v) is 4.51. The van der Waals surface area contributed by atoms with Gasteiger partial charge in [0.05, 0.1) is 14.9 Å². The molecule has 7 nitrogen and oxygen atoms in total. The molecule has 0 saturated heterocycles. The molecule has 0 fully saturated rings. The minimum absolute atomic E-state index is 0.0131. The highest BCUT2D eigenvalue weighted by Gasteiger charge is 2.12. The zero-order chi connectivity index (χ0) is 16.0. The number of benzene rings is 2. The van der Waals surface area contributed by atoms with Crippen molar-refractivity contribution in [2.24, 2.45) is 0 Å². The predicted octanol–water partition coefficient (Wildman–Crippen LogP) is 4.08. The summed E-state index contributed by atoms with van der Waals surface area (Å²) < 4.78 is 0. The molecule has 0 aliphatic carbocycles. The lowest BCUT2D eigenvalue weighted by Crippen LogP contribution is -1.95. The number of hydrogen-bond donors (Lipinski definition) is 1. The second kappa shape index (κ2) is 7.41. The van der Waals surface area contributed by atoms with Crippen LogP contribution in [0, 0.1) is 20.2 Å². The maximum Gasteiger partial charge on any atom is 0.293 e. The first-order valence-corrected chi connectivity index (χ1v) is 6.17. The lowest BCUT2D eigenvalue weighted by Gasteiger charge is -1.96. The number of nitro groups is 2. The van der Waals surface area contributed by atoms with E-state index < -0.39 is 9.85 Å². The summed E-state index contributed by atoms with van der Waals surface area (Å²) in [5.41, 5.74) is 5.19. The number of nitrogens with two attached hydrogens (primary N) is 1. The fraction of sp³-hybridized carbons (Fsp3) is 0. The summed E-state index contributed by atoms with van der Waals surface area (Å²) in [5.74, 6) is 0. The minimum Gasteiger partial charge on any atom is -0.392 e. The van der Waals surface area contributed by atoms with E-state index in [1.54, 1.807) is 12.1 Å². The van der Waals surface area contributed by atoms with Crippen molar-refractivity contribution in [3.8, 4) is 0 Å². The summed E-state index contributed by atoms with van der Waals surface area (Å²) in [6.07, 6.45) is 0. The number of para-hydroxylation sites is 1. The number of rotatable bonds is 2. The zero-order valence-corrected chi connectivity index (χ0v) is 11.9. The summed E-state index contributed by atoms with van der Waals surface area (Å²) in [6.45, 7) is 0. The van der Waals surface area contributed by atoms with Gasteiger partial charge in [-0.15, -0.1) is 0 Å². The Morgan fingerprint density at radius 1 is 0.952 bits per heavy atom. The van der Waals surface area contributed by atoms with Crippen LogP contribution in [-0.2, 0) is 0 Å². The maximum absolute atomic E-state index is 10.2. The lowest BCUT2D eigenvalue weighted by molar-refractivity contribution is -0.384. The van der Waals surface area contributed by atoms with Gasteiger partial charge in [0.25, 0.3) is 11.4 Å². The molecule has 0 aliphatic heterocycles. The Morgan fingerprint density at radius 3 is 2.00 bits per heavy atom. The van der Waals surface area contributed by atoms with Crippen molar-refractivity contribution < 1.29 is 9.85 Å². The van der Waals surface area contributed by atoms with Crippen LogP contribution in [0.25, 0.3) is 0 Å². The fourth-order valence-electron chi connectivity index (χ4n) is 1.27. The van der Waals surface area contributed by atoms with Crippen LogP contribution in [-0.4, -0.2) is 9.85 Å². The van der Waals surface area contributed by atoms with E-state index in [9.17, 15) is 20.2 Å². The molecular weight excluding hydrogens is 321 g/mol. The summed E-state index contributed by atoms with van der Waals surface area (Å²) in [7, 11) is 0. The molecule has 0 unspecified atom stereocenters. The quantitative estimate of drug-likeness (QED) is 0.506. The van der Waals surface area contributed by atoms with Crippen molar-refractivity contribution in [1.82, 2.24) is 0 Å². The highest BCUT2D eigenvalue weighted by atomic mass is 35.5. The zero-order valence-electron chi connectivity index (χ0n) is 10.4. The van der Waals surface area contributed by atoms with Crippen molar-refractivity contribution in [1.29, 1.82) is 0 Å². The van der Waals surface area contributed by atoms with Gasteiger partial charge in [0.1, 0.15) is 5.69 Å². The molecule has 0 saturated carbocycles. The highest BCUT2D eigenvalue weighted by molar-refractivity contribution is 6.33. The van der Waals surface area contributed by atoms with Crippen LogP contribution in [0.2, 0.25) is 10.0 Å². The maximum atomic E-state index is 10.2. The van der Waals surface area contributed by atoms with Gasteiger partial charge in [0.15, 0.2) is 0 Å². The molecular formula is C12H9Cl2N3O4. The molecule has 0 aliphatic rings. The first-order chi connectivity index (χ1) is 9.82. The topological polar surface area (TPSA) is 112 Å². The largest absolute Gasteiger partial charge is 0.392 e. The van der Waals surface area contributed by atoms with Gasteiger partial charge < -0.3 is 5.73 Å². The van der Waals surface area contributed by atoms with Crippen LogP contribution >= 0.6 is 23.2 Å². The SMILES string of the molecule is Nc1c(Cl)cccc1[N+](=O)[O-].O=[N+]([O-])c1cccc(Cl)c1. The van der Waals surface area contributed by atoms with Gasteiger partial charge >= 0.3 is 0 Å². The Hall–Kier alpha value is -2.38. The standard InChI is InChI=1S/C6H5ClN2O2.C6H4ClNO2/c7-4-2-1-3-5(6(4)8)9(10)11;7-5-2-1-3-6(4-5)8(9)10/h1-3H,8H2;1-4H. The number of nitro benzene ring substituents is 2. The molecule has 2 N–H and O–H groups in total. The van der Waals surface area contributed by atoms with E-state index in [1.807, 2.05) is 0 Å². The Bertz CT molecular complexity index is 679. The predicted molar refractivity (Wildman–Crippen MR) is 80.6 cm³/mol. The first-order valence-electron chi connectivity index (χ1n) is 5.41. The van der Waals surface area contributed by atoms with Crippen molar-refractivity contribution >= 4 is 40.3 Å². The summed E-state index contributed by atoms with van der Waals surface area (Å²) in [6, 6.07) is 10.1. The van der Waals surface area contributed by atoms with Crippen molar-refractivity contribution in [3.63, 3.8) is 0 Å². The van der Waals surface area contributed by atoms with Crippen LogP contribution in [0.1, 0.15) is 0 Å². The molecule has 0 bridgehead atoms. The van der Waals surface area contributed by atoms with Gasteiger partial charge in [-0.3, -0.25) is 20.2 Å². The molecule has 0 aromatic heterocycles. The van der Waals surface area contributed by atoms with Crippen LogP contribution in [0.5, 0.6) is 0 Å². The molecule has 2 aromatic rings. The third-order valence-electron chi connectivity index (χ3n) is 2.25. The van der Waals surface area contributed by atoms with Crippen LogP contribution < -0.4 is 5.73 Å². The second-order valence-electron chi connectivity index (χ2n) is 3.67. The van der Waals surface area contributed by atoms with E-state index >= 15 is 0 Å². The van der Waals surface area contributed by atoms with Crippen molar-refractivity contribution in [3.05, 3.63) is 72.7 Å². The van der Waals surface area contributed by atoms with Gasteiger partial charge in [0, 0.05) is 23.2 Å². The average molecular weight is 330 g/mol. The number of nitrogen functional groups attached to an aromatic ring is 1. The van der Waals surface area contributed by atoms with Gasteiger partial charge in [-0.05, 0) is 12.1 Å². The number of nitrogens with zero attached hydrogens (tertiary/aromatic N) is 2. The smallest absolute Gasteiger partial charge is 0.293 e. The Morgan fingerprint density at radius 2 is 1.57 bits per heavy atom. The Balaban J connectivity index is 0.000000211. The van der Waals surface area contributed by atoms with E-state index in [1.165, 1.54) is 30.3 Å². The summed E-state index contributed by atoms with van der Waals surface area (Å²) in [4.78, 5) is 19.3. The molecule has 21 heavy (non-hydrogen) atoms. The van der Waals surface area contributed by atoms with Gasteiger partial charge in [0.2, 0.25) is 0 Å². The first kappa shape index (κ1) is 16.7. The molecule has 110 valence electrons. The number of hydrogen-bond acceptors (Lipinski definition) is 5. The molecule has 0 amide bonds. The number of anilines is 1. The van der Waals surface area contributed by atoms with Crippen molar-refractivity contribution in [2.45, 2.75) is 0 Å². The van der Waals surface area contributed by atoms with Crippen LogP contribution in [0.3, 0.4) is 0 Å². The molecule has 0 spiro atoms. The molecule has 0 atom stereocenters. The van der Waals surface area contributed by atoms with E-state index in [2.05, 4.69) is 0 Å². The van der Waals surface area contributed by atoms with E-state index in [0.29, 0.717) is 5.02 Å². The Kier molecular flexibility index (Phi) is 5.89. The van der Waals surface area contributed by atoms with Gasteiger partial charge in [-0.2, -0.15) is 0 Å². The van der Waals surface area contributed by atoms with E-state index in [0.717, 1.165) is 0 Å². The Labute approximate surface area is 129 Å². The molecule has 0 radical (unpaired) electrons. The van der Waals surface area contributed by atoms with E-state index in [4.69, 9.17) is 28.9 Å². The molecule has 9 heteroatoms. The van der Waals surface area contributed by atoms with Gasteiger partial charge in [-0.1, -0.05) is 35.3 Å². The summed E-state index contributed by atoms with van der Waals surface area (Å²) >= 11 is 11.0. The number of halogens is 2. The van der Waals surface area contributed by atoms with Crippen LogP contribution in [0.15, 0.2) is 42.5 Å². The molecule has 2 rings (SSSR count). The average Bonchev–Trinajstić information content (AvgIpc) is 2.42. The minimum atomic E-state index is -0.568. The normalized spacial score (nSPS) is 9.43.